The molecule has 2 fully saturated rings. The van der Waals surface area contributed by atoms with Crippen molar-refractivity contribution in [1.29, 1.82) is 0 Å². The molecule has 2 heterocycles. The van der Waals surface area contributed by atoms with Gasteiger partial charge in [0.05, 0.1) is 24.7 Å². The number of morpholine rings is 2. The van der Waals surface area contributed by atoms with E-state index < -0.39 is 4.92 Å². The Morgan fingerprint density at radius 1 is 0.844 bits per heavy atom. The van der Waals surface area contributed by atoms with Crippen LogP contribution in [0.2, 0.25) is 0 Å². The molecule has 10 nitrogen and oxygen atoms in total. The molecular formula is C22H26N4O6. The van der Waals surface area contributed by atoms with Gasteiger partial charge in [0.2, 0.25) is 11.8 Å². The van der Waals surface area contributed by atoms with E-state index in [0.717, 1.165) is 11.3 Å². The van der Waals surface area contributed by atoms with Gasteiger partial charge in [-0.25, -0.2) is 0 Å². The molecule has 0 spiro atoms. The first kappa shape index (κ1) is 23.2. The highest BCUT2D eigenvalue weighted by molar-refractivity contribution is 5.78. The molecule has 0 aromatic heterocycles. The van der Waals surface area contributed by atoms with Gasteiger partial charge in [-0.05, 0) is 11.6 Å². The molecule has 4 rings (SSSR count). The van der Waals surface area contributed by atoms with Crippen molar-refractivity contribution in [3.63, 3.8) is 0 Å². The number of nitro benzene ring substituents is 1. The lowest BCUT2D eigenvalue weighted by molar-refractivity contribution is -0.385. The molecule has 2 amide bonds. The highest BCUT2D eigenvalue weighted by Crippen LogP contribution is 2.20. The molecule has 2 aliphatic heterocycles. The summed E-state index contributed by atoms with van der Waals surface area (Å²) in [5, 5.41) is 10.8. The number of carbonyl (C=O) groups excluding carboxylic acids is 2. The van der Waals surface area contributed by atoms with E-state index in [1.807, 2.05) is 24.3 Å². The minimum Gasteiger partial charge on any atom is -0.398 e. The minimum absolute atomic E-state index is 0.0319. The van der Waals surface area contributed by atoms with E-state index in [9.17, 15) is 19.7 Å². The summed E-state index contributed by atoms with van der Waals surface area (Å²) < 4.78 is 10.1. The fraction of sp³-hybridized carbons (Fsp3) is 0.364. The average Bonchev–Trinajstić information content (AvgIpc) is 2.79. The van der Waals surface area contributed by atoms with Gasteiger partial charge in [0.25, 0.3) is 5.69 Å². The van der Waals surface area contributed by atoms with Gasteiger partial charge < -0.3 is 25.0 Å². The lowest BCUT2D eigenvalue weighted by Gasteiger charge is -2.27. The zero-order chi connectivity index (χ0) is 22.9. The molecule has 170 valence electrons. The van der Waals surface area contributed by atoms with Gasteiger partial charge in [0, 0.05) is 37.0 Å². The lowest BCUT2D eigenvalue weighted by Crippen LogP contribution is -2.41. The zero-order valence-electron chi connectivity index (χ0n) is 17.6. The number of nitrogens with two attached hydrogens (primary N) is 1. The lowest BCUT2D eigenvalue weighted by atomic mass is 10.1. The van der Waals surface area contributed by atoms with Crippen molar-refractivity contribution in [2.75, 3.05) is 45.3 Å². The van der Waals surface area contributed by atoms with Gasteiger partial charge in [-0.3, -0.25) is 19.7 Å². The maximum absolute atomic E-state index is 11.5. The van der Waals surface area contributed by atoms with Crippen LogP contribution in [0.5, 0.6) is 0 Å². The Bertz CT molecular complexity index is 967. The average molecular weight is 442 g/mol. The molecule has 0 atom stereocenters. The van der Waals surface area contributed by atoms with Gasteiger partial charge in [0.1, 0.15) is 13.2 Å². The Balaban J connectivity index is 0.000000182. The SMILES string of the molecule is Nc1ccccc1CN1CCOCC1=O.O=C1COCCN1Cc1ccccc1[N+](=O)[O-]. The fourth-order valence-electron chi connectivity index (χ4n) is 3.35. The Morgan fingerprint density at radius 2 is 1.34 bits per heavy atom. The highest BCUT2D eigenvalue weighted by Gasteiger charge is 2.22. The summed E-state index contributed by atoms with van der Waals surface area (Å²) in [6.07, 6.45) is 0. The number of para-hydroxylation sites is 2. The third kappa shape index (κ3) is 6.25. The minimum atomic E-state index is -0.430. The molecular weight excluding hydrogens is 416 g/mol. The van der Waals surface area contributed by atoms with Crippen LogP contribution in [0.3, 0.4) is 0 Å². The number of carbonyl (C=O) groups is 2. The number of anilines is 1. The van der Waals surface area contributed by atoms with E-state index in [1.54, 1.807) is 28.0 Å². The normalized spacial score (nSPS) is 16.4. The number of hydrogen-bond acceptors (Lipinski definition) is 7. The Morgan fingerprint density at radius 3 is 1.88 bits per heavy atom. The summed E-state index contributed by atoms with van der Waals surface area (Å²) in [7, 11) is 0. The van der Waals surface area contributed by atoms with Gasteiger partial charge >= 0.3 is 0 Å². The van der Waals surface area contributed by atoms with Gasteiger partial charge in [0.15, 0.2) is 0 Å². The second kappa shape index (κ2) is 11.2. The van der Waals surface area contributed by atoms with Crippen molar-refractivity contribution in [2.45, 2.75) is 13.1 Å². The van der Waals surface area contributed by atoms with Gasteiger partial charge in [-0.2, -0.15) is 0 Å². The first-order chi connectivity index (χ1) is 15.5. The van der Waals surface area contributed by atoms with E-state index >= 15 is 0 Å². The summed E-state index contributed by atoms with van der Waals surface area (Å²) in [5.74, 6) is -0.0982. The largest absolute Gasteiger partial charge is 0.398 e. The third-order valence-electron chi connectivity index (χ3n) is 5.13. The maximum atomic E-state index is 11.5. The van der Waals surface area contributed by atoms with Gasteiger partial charge in [-0.1, -0.05) is 36.4 Å². The summed E-state index contributed by atoms with van der Waals surface area (Å²) in [6, 6.07) is 14.1. The molecule has 2 N–H and O–H groups in total. The van der Waals surface area contributed by atoms with E-state index in [2.05, 4.69) is 0 Å². The highest BCUT2D eigenvalue weighted by atomic mass is 16.6. The molecule has 0 radical (unpaired) electrons. The van der Waals surface area contributed by atoms with Crippen molar-refractivity contribution in [3.8, 4) is 0 Å². The molecule has 0 aliphatic carbocycles. The predicted molar refractivity (Wildman–Crippen MR) is 116 cm³/mol. The van der Waals surface area contributed by atoms with Crippen LogP contribution in [0.1, 0.15) is 11.1 Å². The van der Waals surface area contributed by atoms with E-state index in [0.29, 0.717) is 38.4 Å². The molecule has 2 saturated heterocycles. The summed E-state index contributed by atoms with van der Waals surface area (Å²) >= 11 is 0. The second-order valence-corrected chi connectivity index (χ2v) is 7.32. The van der Waals surface area contributed by atoms with Gasteiger partial charge in [-0.15, -0.1) is 0 Å². The number of benzene rings is 2. The molecule has 2 aromatic carbocycles. The van der Waals surface area contributed by atoms with Crippen LogP contribution in [0, 0.1) is 10.1 Å². The standard InChI is InChI=1S/C11H12N2O4.C11H14N2O2/c14-11-8-17-6-5-12(11)7-9-3-1-2-4-10(9)13(15)16;12-10-4-2-1-3-9(10)7-13-5-6-15-8-11(13)14/h1-4H,5-8H2;1-4H,5-8,12H2. The zero-order valence-corrected chi connectivity index (χ0v) is 17.6. The second-order valence-electron chi connectivity index (χ2n) is 7.32. The number of amides is 2. The van der Waals surface area contributed by atoms with E-state index in [-0.39, 0.29) is 37.3 Å². The molecule has 0 saturated carbocycles. The van der Waals surface area contributed by atoms with Crippen LogP contribution in [0.15, 0.2) is 48.5 Å². The summed E-state index contributed by atoms with van der Waals surface area (Å²) in [6.45, 7) is 3.30. The fourth-order valence-corrected chi connectivity index (χ4v) is 3.35. The maximum Gasteiger partial charge on any atom is 0.274 e. The Labute approximate surface area is 185 Å². The number of hydrogen-bond donors (Lipinski definition) is 1. The topological polar surface area (TPSA) is 128 Å². The molecule has 2 aliphatic rings. The van der Waals surface area contributed by atoms with Crippen molar-refractivity contribution in [2.24, 2.45) is 0 Å². The third-order valence-corrected chi connectivity index (χ3v) is 5.13. The van der Waals surface area contributed by atoms with Crippen LogP contribution in [-0.2, 0) is 32.2 Å². The van der Waals surface area contributed by atoms with Crippen LogP contribution >= 0.6 is 0 Å². The van der Waals surface area contributed by atoms with Crippen LogP contribution in [-0.4, -0.2) is 66.1 Å². The van der Waals surface area contributed by atoms with Crippen molar-refractivity contribution >= 4 is 23.2 Å². The monoisotopic (exact) mass is 442 g/mol. The van der Waals surface area contributed by atoms with E-state index in [1.165, 1.54) is 6.07 Å². The molecule has 10 heteroatoms. The number of nitrogens with zero attached hydrogens (tertiary/aromatic N) is 3. The predicted octanol–water partition coefficient (Wildman–Crippen LogP) is 1.58. The summed E-state index contributed by atoms with van der Waals surface area (Å²) in [5.41, 5.74) is 8.14. The molecule has 0 unspecified atom stereocenters. The number of rotatable bonds is 5. The number of nitro groups is 1. The first-order valence-corrected chi connectivity index (χ1v) is 10.2. The Kier molecular flexibility index (Phi) is 8.12. The van der Waals surface area contributed by atoms with Crippen molar-refractivity contribution in [3.05, 3.63) is 69.8 Å². The Hall–Kier alpha value is -3.50. The van der Waals surface area contributed by atoms with Crippen LogP contribution in [0.25, 0.3) is 0 Å². The smallest absolute Gasteiger partial charge is 0.274 e. The van der Waals surface area contributed by atoms with Crippen LogP contribution in [0.4, 0.5) is 11.4 Å². The molecule has 0 bridgehead atoms. The van der Waals surface area contributed by atoms with Crippen molar-refractivity contribution < 1.29 is 24.0 Å². The summed E-state index contributed by atoms with van der Waals surface area (Å²) in [4.78, 5) is 36.7. The van der Waals surface area contributed by atoms with Crippen LogP contribution < -0.4 is 5.73 Å². The molecule has 32 heavy (non-hydrogen) atoms. The quantitative estimate of drug-likeness (QED) is 0.423. The number of ether oxygens (including phenoxy) is 2. The van der Waals surface area contributed by atoms with E-state index in [4.69, 9.17) is 15.2 Å². The molecule has 2 aromatic rings. The van der Waals surface area contributed by atoms with Crippen molar-refractivity contribution in [1.82, 2.24) is 9.80 Å². The number of nitrogen functional groups attached to an aromatic ring is 1. The first-order valence-electron chi connectivity index (χ1n) is 10.2.